The van der Waals surface area contributed by atoms with Crippen LogP contribution in [0.4, 0.5) is 11.6 Å². The highest BCUT2D eigenvalue weighted by atomic mass is 35.5. The van der Waals surface area contributed by atoms with Crippen LogP contribution in [0.5, 0.6) is 0 Å². The Bertz CT molecular complexity index is 1100. The van der Waals surface area contributed by atoms with Gasteiger partial charge in [-0.3, -0.25) is 0 Å². The van der Waals surface area contributed by atoms with E-state index in [1.165, 1.54) is 17.5 Å². The normalized spacial score (nSPS) is 12.6. The zero-order valence-electron chi connectivity index (χ0n) is 15.2. The highest BCUT2D eigenvalue weighted by Crippen LogP contribution is 2.36. The van der Waals surface area contributed by atoms with Gasteiger partial charge in [-0.15, -0.1) is 37.2 Å². The second-order valence-electron chi connectivity index (χ2n) is 6.55. The number of nitrogen functional groups attached to an aromatic ring is 2. The SMILES string of the molecule is Cl.Cl.Cl.Nc1ccc(-c2nn(C3Cc4ccccc4C3)c3ncnc(N)c23)cn1. The molecule has 0 bridgehead atoms. The van der Waals surface area contributed by atoms with E-state index in [9.17, 15) is 0 Å². The van der Waals surface area contributed by atoms with Crippen molar-refractivity contribution >= 4 is 59.9 Å². The molecular weight excluding hydrogens is 433 g/mol. The fraction of sp³-hybridized carbons (Fsp3) is 0.158. The lowest BCUT2D eigenvalue weighted by Crippen LogP contribution is -2.11. The van der Waals surface area contributed by atoms with Crippen LogP contribution in [0.3, 0.4) is 0 Å². The Hall–Kier alpha value is -2.61. The molecule has 3 aromatic heterocycles. The smallest absolute Gasteiger partial charge is 0.164 e. The maximum Gasteiger partial charge on any atom is 0.164 e. The van der Waals surface area contributed by atoms with Crippen LogP contribution in [-0.4, -0.2) is 24.7 Å². The molecule has 0 radical (unpaired) electrons. The Morgan fingerprint density at radius 1 is 0.862 bits per heavy atom. The van der Waals surface area contributed by atoms with Crippen molar-refractivity contribution in [2.75, 3.05) is 11.5 Å². The van der Waals surface area contributed by atoms with Crippen LogP contribution >= 0.6 is 37.2 Å². The lowest BCUT2D eigenvalue weighted by molar-refractivity contribution is 0.488. The van der Waals surface area contributed by atoms with E-state index in [4.69, 9.17) is 16.6 Å². The third-order valence-electron chi connectivity index (χ3n) is 4.95. The number of pyridine rings is 1. The van der Waals surface area contributed by atoms with Gasteiger partial charge in [0.25, 0.3) is 0 Å². The van der Waals surface area contributed by atoms with E-state index in [-0.39, 0.29) is 43.3 Å². The minimum Gasteiger partial charge on any atom is -0.384 e. The molecule has 1 aromatic carbocycles. The second-order valence-corrected chi connectivity index (χ2v) is 6.55. The molecule has 0 fully saturated rings. The Morgan fingerprint density at radius 3 is 2.17 bits per heavy atom. The molecule has 4 aromatic rings. The topological polar surface area (TPSA) is 109 Å². The number of halogens is 3. The van der Waals surface area contributed by atoms with Crippen LogP contribution in [0.1, 0.15) is 17.2 Å². The summed E-state index contributed by atoms with van der Waals surface area (Å²) < 4.78 is 1.99. The monoisotopic (exact) mass is 451 g/mol. The molecule has 7 nitrogen and oxygen atoms in total. The van der Waals surface area contributed by atoms with E-state index in [1.807, 2.05) is 10.7 Å². The quantitative estimate of drug-likeness (QED) is 0.480. The van der Waals surface area contributed by atoms with Crippen LogP contribution < -0.4 is 11.5 Å². The maximum absolute atomic E-state index is 6.17. The average molecular weight is 453 g/mol. The van der Waals surface area contributed by atoms with Crippen LogP contribution in [0.25, 0.3) is 22.3 Å². The van der Waals surface area contributed by atoms with Gasteiger partial charge >= 0.3 is 0 Å². The Kier molecular flexibility index (Phi) is 6.89. The van der Waals surface area contributed by atoms with Crippen LogP contribution in [0.15, 0.2) is 48.9 Å². The predicted octanol–water partition coefficient (Wildman–Crippen LogP) is 3.66. The summed E-state index contributed by atoms with van der Waals surface area (Å²) in [6.07, 6.45) is 5.05. The zero-order chi connectivity index (χ0) is 17.7. The minimum absolute atomic E-state index is 0. The van der Waals surface area contributed by atoms with Gasteiger partial charge < -0.3 is 11.5 Å². The van der Waals surface area contributed by atoms with E-state index in [1.54, 1.807) is 12.3 Å². The number of hydrogen-bond donors (Lipinski definition) is 2. The summed E-state index contributed by atoms with van der Waals surface area (Å²) in [6.45, 7) is 0. The van der Waals surface area contributed by atoms with Crippen molar-refractivity contribution in [1.82, 2.24) is 24.7 Å². The van der Waals surface area contributed by atoms with Crippen LogP contribution in [0.2, 0.25) is 0 Å². The third kappa shape index (κ3) is 3.81. The van der Waals surface area contributed by atoms with Gasteiger partial charge in [0.1, 0.15) is 23.7 Å². The average Bonchev–Trinajstić information content (AvgIpc) is 3.24. The maximum atomic E-state index is 6.17. The molecule has 0 spiro atoms. The number of aromatic nitrogens is 5. The summed E-state index contributed by atoms with van der Waals surface area (Å²) in [4.78, 5) is 12.8. The first-order valence-electron chi connectivity index (χ1n) is 8.48. The Labute approximate surface area is 186 Å². The number of hydrogen-bond acceptors (Lipinski definition) is 6. The van der Waals surface area contributed by atoms with Crippen molar-refractivity contribution < 1.29 is 0 Å². The van der Waals surface area contributed by atoms with Crippen molar-refractivity contribution in [3.8, 4) is 11.3 Å². The zero-order valence-corrected chi connectivity index (χ0v) is 17.7. The summed E-state index contributed by atoms with van der Waals surface area (Å²) in [5.74, 6) is 0.886. The molecule has 1 aliphatic carbocycles. The molecule has 0 saturated carbocycles. The van der Waals surface area contributed by atoms with E-state index in [0.29, 0.717) is 11.6 Å². The van der Waals surface area contributed by atoms with E-state index < -0.39 is 0 Å². The molecule has 0 saturated heterocycles. The van der Waals surface area contributed by atoms with E-state index in [2.05, 4.69) is 39.2 Å². The molecule has 0 unspecified atom stereocenters. The van der Waals surface area contributed by atoms with Crippen LogP contribution in [0, 0.1) is 0 Å². The van der Waals surface area contributed by atoms with Crippen molar-refractivity contribution in [2.24, 2.45) is 0 Å². The third-order valence-corrected chi connectivity index (χ3v) is 4.95. The molecule has 10 heteroatoms. The summed E-state index contributed by atoms with van der Waals surface area (Å²) in [7, 11) is 0. The molecule has 0 amide bonds. The Balaban J connectivity index is 0.000001000. The first kappa shape index (κ1) is 22.7. The number of rotatable bonds is 2. The van der Waals surface area contributed by atoms with Gasteiger partial charge in [0.15, 0.2) is 5.65 Å². The summed E-state index contributed by atoms with van der Waals surface area (Å²) in [5, 5.41) is 5.63. The highest BCUT2D eigenvalue weighted by molar-refractivity contribution is 5.98. The molecule has 5 rings (SSSR count). The lowest BCUT2D eigenvalue weighted by Gasteiger charge is -2.10. The largest absolute Gasteiger partial charge is 0.384 e. The van der Waals surface area contributed by atoms with Crippen molar-refractivity contribution in [2.45, 2.75) is 18.9 Å². The summed E-state index contributed by atoms with van der Waals surface area (Å²) in [5.41, 5.74) is 16.9. The molecule has 4 N–H and O–H groups in total. The number of benzene rings is 1. The number of nitrogens with two attached hydrogens (primary N) is 2. The predicted molar refractivity (Wildman–Crippen MR) is 122 cm³/mol. The lowest BCUT2D eigenvalue weighted by atomic mass is 10.1. The molecular formula is C19H20Cl3N7. The fourth-order valence-corrected chi connectivity index (χ4v) is 3.71. The molecule has 29 heavy (non-hydrogen) atoms. The molecule has 1 aliphatic rings. The number of nitrogens with zero attached hydrogens (tertiary/aromatic N) is 5. The van der Waals surface area contributed by atoms with Gasteiger partial charge in [-0.2, -0.15) is 5.10 Å². The van der Waals surface area contributed by atoms with E-state index in [0.717, 1.165) is 35.1 Å². The van der Waals surface area contributed by atoms with Crippen molar-refractivity contribution in [3.63, 3.8) is 0 Å². The second kappa shape index (κ2) is 8.82. The van der Waals surface area contributed by atoms with Crippen LogP contribution in [-0.2, 0) is 12.8 Å². The first-order valence-corrected chi connectivity index (χ1v) is 8.48. The Morgan fingerprint density at radius 2 is 1.55 bits per heavy atom. The van der Waals surface area contributed by atoms with Gasteiger partial charge in [-0.1, -0.05) is 24.3 Å². The summed E-state index contributed by atoms with van der Waals surface area (Å²) >= 11 is 0. The molecule has 3 heterocycles. The molecule has 0 aliphatic heterocycles. The fourth-order valence-electron chi connectivity index (χ4n) is 3.71. The first-order chi connectivity index (χ1) is 12.7. The number of fused-ring (bicyclic) bond motifs is 2. The van der Waals surface area contributed by atoms with Gasteiger partial charge in [0, 0.05) is 11.8 Å². The van der Waals surface area contributed by atoms with E-state index >= 15 is 0 Å². The highest BCUT2D eigenvalue weighted by Gasteiger charge is 2.27. The van der Waals surface area contributed by atoms with Gasteiger partial charge in [0.2, 0.25) is 0 Å². The van der Waals surface area contributed by atoms with Gasteiger partial charge in [-0.25, -0.2) is 19.6 Å². The molecule has 0 atom stereocenters. The minimum atomic E-state index is 0. The summed E-state index contributed by atoms with van der Waals surface area (Å²) in [6, 6.07) is 12.4. The standard InChI is InChI=1S/C19H17N7.3ClH/c20-15-6-5-13(9-22-15)17-16-18(21)23-10-24-19(16)26(25-17)14-7-11-3-1-2-4-12(11)8-14;;;/h1-6,9-10,14H,7-8H2,(H2,20,22)(H2,21,23,24);3*1H. The van der Waals surface area contributed by atoms with Gasteiger partial charge in [0.05, 0.1) is 11.4 Å². The van der Waals surface area contributed by atoms with Crippen molar-refractivity contribution in [3.05, 3.63) is 60.0 Å². The number of anilines is 2. The molecule has 152 valence electrons. The van der Waals surface area contributed by atoms with Gasteiger partial charge in [-0.05, 0) is 36.1 Å². The van der Waals surface area contributed by atoms with Crippen molar-refractivity contribution in [1.29, 1.82) is 0 Å².